The van der Waals surface area contributed by atoms with Crippen molar-refractivity contribution in [1.29, 1.82) is 0 Å². The molecule has 102 valence electrons. The lowest BCUT2D eigenvalue weighted by Crippen LogP contribution is -2.29. The first kappa shape index (κ1) is 16.6. The Morgan fingerprint density at radius 1 is 1.39 bits per heavy atom. The summed E-state index contributed by atoms with van der Waals surface area (Å²) >= 11 is 0. The predicted molar refractivity (Wildman–Crippen MR) is 71.1 cm³/mol. The highest BCUT2D eigenvalue weighted by atomic mass is 19.1. The summed E-state index contributed by atoms with van der Waals surface area (Å²) in [6.45, 7) is 6.25. The highest BCUT2D eigenvalue weighted by molar-refractivity contribution is 5.94. The summed E-state index contributed by atoms with van der Waals surface area (Å²) in [4.78, 5) is 13.2. The summed E-state index contributed by atoms with van der Waals surface area (Å²) in [5, 5.41) is 8.65. The van der Waals surface area contributed by atoms with Gasteiger partial charge in [0.2, 0.25) is 0 Å². The van der Waals surface area contributed by atoms with Gasteiger partial charge in [-0.2, -0.15) is 0 Å². The van der Waals surface area contributed by atoms with Gasteiger partial charge in [0.25, 0.3) is 5.91 Å². The maximum Gasteiger partial charge on any atom is 0.256 e. The number of halogens is 1. The molecule has 0 saturated carbocycles. The quantitative estimate of drug-likeness (QED) is 0.898. The molecule has 0 radical (unpaired) electrons. The van der Waals surface area contributed by atoms with E-state index in [1.54, 1.807) is 13.1 Å². The molecule has 0 aliphatic carbocycles. The molecule has 1 amide bonds. The molecule has 3 nitrogen and oxygen atoms in total. The van der Waals surface area contributed by atoms with Gasteiger partial charge in [0.15, 0.2) is 0 Å². The minimum absolute atomic E-state index is 0.0217. The van der Waals surface area contributed by atoms with Crippen LogP contribution in [0.3, 0.4) is 0 Å². The highest BCUT2D eigenvalue weighted by Gasteiger charge is 2.15. The number of carbonyl (C=O) groups is 1. The van der Waals surface area contributed by atoms with Crippen molar-refractivity contribution in [1.82, 2.24) is 4.90 Å². The average molecular weight is 255 g/mol. The second kappa shape index (κ2) is 8.64. The predicted octanol–water partition coefficient (Wildman–Crippen LogP) is 2.61. The summed E-state index contributed by atoms with van der Waals surface area (Å²) < 4.78 is 13.4. The third-order valence-electron chi connectivity index (χ3n) is 2.35. The number of nitrogens with zero attached hydrogens (tertiary/aromatic N) is 1. The molecule has 0 saturated heterocycles. The van der Waals surface area contributed by atoms with Crippen LogP contribution in [0.4, 0.5) is 4.39 Å². The topological polar surface area (TPSA) is 40.5 Å². The first-order valence-electron chi connectivity index (χ1n) is 6.18. The molecule has 0 unspecified atom stereocenters. The fraction of sp³-hybridized carbons (Fsp3) is 0.500. The third-order valence-corrected chi connectivity index (χ3v) is 2.35. The molecule has 1 rings (SSSR count). The van der Waals surface area contributed by atoms with Gasteiger partial charge in [-0.3, -0.25) is 4.79 Å². The maximum absolute atomic E-state index is 13.4. The van der Waals surface area contributed by atoms with Gasteiger partial charge in [-0.25, -0.2) is 4.39 Å². The monoisotopic (exact) mass is 255 g/mol. The Bertz CT molecular complexity index is 380. The van der Waals surface area contributed by atoms with Gasteiger partial charge in [0.05, 0.1) is 5.56 Å². The van der Waals surface area contributed by atoms with Crippen LogP contribution in [0.15, 0.2) is 18.2 Å². The van der Waals surface area contributed by atoms with Crippen LogP contribution in [0.2, 0.25) is 0 Å². The molecule has 0 bridgehead atoms. The fourth-order valence-electron chi connectivity index (χ4n) is 1.42. The Morgan fingerprint density at radius 2 is 2.00 bits per heavy atom. The second-order valence-corrected chi connectivity index (χ2v) is 3.79. The molecule has 1 aromatic carbocycles. The van der Waals surface area contributed by atoms with E-state index in [1.165, 1.54) is 17.0 Å². The Morgan fingerprint density at radius 3 is 2.56 bits per heavy atom. The Kier molecular flexibility index (Phi) is 7.96. The second-order valence-electron chi connectivity index (χ2n) is 3.79. The average Bonchev–Trinajstić information content (AvgIpc) is 2.40. The van der Waals surface area contributed by atoms with Crippen molar-refractivity contribution in [3.05, 3.63) is 35.1 Å². The van der Waals surface area contributed by atoms with E-state index in [0.29, 0.717) is 13.0 Å². The molecule has 4 heteroatoms. The molecule has 0 aliphatic heterocycles. The van der Waals surface area contributed by atoms with E-state index in [2.05, 4.69) is 0 Å². The number of aliphatic hydroxyl groups is 1. The van der Waals surface area contributed by atoms with Crippen LogP contribution in [0.1, 0.15) is 36.2 Å². The van der Waals surface area contributed by atoms with Crippen molar-refractivity contribution in [3.63, 3.8) is 0 Å². The molecular weight excluding hydrogens is 233 g/mol. The number of rotatable bonds is 4. The van der Waals surface area contributed by atoms with Crippen LogP contribution >= 0.6 is 0 Å². The molecule has 0 atom stereocenters. The lowest BCUT2D eigenvalue weighted by atomic mass is 10.1. The SMILES string of the molecule is CC.Cc1ccc(F)c(C(=O)N(C)CCCO)c1. The zero-order chi connectivity index (χ0) is 14.1. The number of hydrogen-bond donors (Lipinski definition) is 1. The first-order chi connectivity index (χ1) is 8.56. The number of amides is 1. The molecule has 0 aliphatic rings. The van der Waals surface area contributed by atoms with E-state index < -0.39 is 5.82 Å². The van der Waals surface area contributed by atoms with Gasteiger partial charge in [0, 0.05) is 20.2 Å². The van der Waals surface area contributed by atoms with Gasteiger partial charge in [-0.05, 0) is 25.5 Å². The van der Waals surface area contributed by atoms with E-state index in [-0.39, 0.29) is 18.1 Å². The maximum atomic E-state index is 13.4. The molecule has 1 aromatic rings. The van der Waals surface area contributed by atoms with Crippen molar-refractivity contribution in [2.24, 2.45) is 0 Å². The van der Waals surface area contributed by atoms with Gasteiger partial charge in [0.1, 0.15) is 5.82 Å². The minimum atomic E-state index is -0.508. The van der Waals surface area contributed by atoms with Crippen LogP contribution in [0.5, 0.6) is 0 Å². The smallest absolute Gasteiger partial charge is 0.256 e. The van der Waals surface area contributed by atoms with Crippen molar-refractivity contribution < 1.29 is 14.3 Å². The van der Waals surface area contributed by atoms with E-state index in [4.69, 9.17) is 5.11 Å². The minimum Gasteiger partial charge on any atom is -0.396 e. The summed E-state index contributed by atoms with van der Waals surface area (Å²) in [7, 11) is 1.60. The summed E-state index contributed by atoms with van der Waals surface area (Å²) in [6.07, 6.45) is 0.496. The van der Waals surface area contributed by atoms with Crippen LogP contribution in [0, 0.1) is 12.7 Å². The van der Waals surface area contributed by atoms with Gasteiger partial charge >= 0.3 is 0 Å². The molecule has 18 heavy (non-hydrogen) atoms. The zero-order valence-corrected chi connectivity index (χ0v) is 11.5. The lowest BCUT2D eigenvalue weighted by Gasteiger charge is -2.17. The van der Waals surface area contributed by atoms with Crippen LogP contribution < -0.4 is 0 Å². The van der Waals surface area contributed by atoms with Crippen molar-refractivity contribution in [3.8, 4) is 0 Å². The summed E-state index contributed by atoms with van der Waals surface area (Å²) in [5.74, 6) is -0.860. The Balaban J connectivity index is 0.00000137. The van der Waals surface area contributed by atoms with Crippen molar-refractivity contribution >= 4 is 5.91 Å². The molecule has 0 heterocycles. The van der Waals surface area contributed by atoms with Gasteiger partial charge in [-0.15, -0.1) is 0 Å². The summed E-state index contributed by atoms with van der Waals surface area (Å²) in [5.41, 5.74) is 0.931. The number of benzene rings is 1. The van der Waals surface area contributed by atoms with E-state index in [0.717, 1.165) is 5.56 Å². The standard InChI is InChI=1S/C12H16FNO2.C2H6/c1-9-4-5-11(13)10(8-9)12(16)14(2)6-3-7-15;1-2/h4-5,8,15H,3,6-7H2,1-2H3;1-2H3. The van der Waals surface area contributed by atoms with Gasteiger partial charge in [-0.1, -0.05) is 25.5 Å². The number of aryl methyl sites for hydroxylation is 1. The van der Waals surface area contributed by atoms with Crippen LogP contribution in [0.25, 0.3) is 0 Å². The third kappa shape index (κ3) is 4.84. The molecular formula is C14H22FNO2. The summed E-state index contributed by atoms with van der Waals surface area (Å²) in [6, 6.07) is 4.45. The van der Waals surface area contributed by atoms with Crippen molar-refractivity contribution in [2.75, 3.05) is 20.2 Å². The van der Waals surface area contributed by atoms with Crippen LogP contribution in [-0.4, -0.2) is 36.1 Å². The lowest BCUT2D eigenvalue weighted by molar-refractivity contribution is 0.0781. The molecule has 0 fully saturated rings. The number of aliphatic hydroxyl groups excluding tert-OH is 1. The highest BCUT2D eigenvalue weighted by Crippen LogP contribution is 2.12. The fourth-order valence-corrected chi connectivity index (χ4v) is 1.42. The first-order valence-corrected chi connectivity index (χ1v) is 6.18. The number of carbonyl (C=O) groups excluding carboxylic acids is 1. The van der Waals surface area contributed by atoms with Gasteiger partial charge < -0.3 is 10.0 Å². The van der Waals surface area contributed by atoms with E-state index in [9.17, 15) is 9.18 Å². The largest absolute Gasteiger partial charge is 0.396 e. The zero-order valence-electron chi connectivity index (χ0n) is 11.5. The Labute approximate surface area is 108 Å². The van der Waals surface area contributed by atoms with Crippen LogP contribution in [-0.2, 0) is 0 Å². The number of hydrogen-bond acceptors (Lipinski definition) is 2. The van der Waals surface area contributed by atoms with E-state index >= 15 is 0 Å². The van der Waals surface area contributed by atoms with Crippen molar-refractivity contribution in [2.45, 2.75) is 27.2 Å². The molecule has 0 aromatic heterocycles. The van der Waals surface area contributed by atoms with E-state index in [1.807, 2.05) is 20.8 Å². The Hall–Kier alpha value is -1.42. The molecule has 1 N–H and O–H groups in total. The molecule has 0 spiro atoms. The normalized spacial score (nSPS) is 9.44.